The van der Waals surface area contributed by atoms with Crippen molar-refractivity contribution in [2.75, 3.05) is 0 Å². The first kappa shape index (κ1) is 20.5. The van der Waals surface area contributed by atoms with Gasteiger partial charge in [-0.3, -0.25) is 20.0 Å². The molecule has 0 radical (unpaired) electrons. The van der Waals surface area contributed by atoms with Crippen LogP contribution < -0.4 is 5.56 Å². The summed E-state index contributed by atoms with van der Waals surface area (Å²) in [5, 5.41) is 22.8. The Morgan fingerprint density at radius 1 is 0.839 bits per heavy atom. The van der Waals surface area contributed by atoms with Crippen LogP contribution in [0.3, 0.4) is 0 Å². The van der Waals surface area contributed by atoms with Crippen molar-refractivity contribution in [3.05, 3.63) is 103 Å². The van der Waals surface area contributed by atoms with E-state index in [-0.39, 0.29) is 27.1 Å². The van der Waals surface area contributed by atoms with Crippen LogP contribution in [0.25, 0.3) is 16.9 Å². The van der Waals surface area contributed by atoms with E-state index in [2.05, 4.69) is 15.3 Å². The molecule has 31 heavy (non-hydrogen) atoms. The maximum Gasteiger partial charge on any atom is 0.299 e. The molecule has 0 unspecified atom stereocenters. The van der Waals surface area contributed by atoms with Gasteiger partial charge in [-0.15, -0.1) is 10.2 Å². The van der Waals surface area contributed by atoms with E-state index in [0.29, 0.717) is 16.9 Å². The number of nitrogens with one attached hydrogen (secondary N) is 1. The Morgan fingerprint density at radius 2 is 1.45 bits per heavy atom. The highest BCUT2D eigenvalue weighted by Crippen LogP contribution is 2.35. The summed E-state index contributed by atoms with van der Waals surface area (Å²) < 4.78 is 1.32. The lowest BCUT2D eigenvalue weighted by Crippen LogP contribution is -2.13. The minimum Gasteiger partial charge on any atom is -0.288 e. The van der Waals surface area contributed by atoms with Gasteiger partial charge in [0.1, 0.15) is 5.69 Å². The fourth-order valence-electron chi connectivity index (χ4n) is 2.92. The summed E-state index contributed by atoms with van der Waals surface area (Å²) in [6, 6.07) is 19.6. The van der Waals surface area contributed by atoms with E-state index in [9.17, 15) is 14.9 Å². The number of aromatic amines is 1. The van der Waals surface area contributed by atoms with E-state index in [1.807, 2.05) is 6.07 Å². The fourth-order valence-corrected chi connectivity index (χ4v) is 3.39. The molecule has 4 aromatic rings. The van der Waals surface area contributed by atoms with Gasteiger partial charge in [-0.2, -0.15) is 0 Å². The molecule has 10 heteroatoms. The Kier molecular flexibility index (Phi) is 5.66. The molecule has 4 rings (SSSR count). The molecule has 1 heterocycles. The van der Waals surface area contributed by atoms with Crippen LogP contribution in [-0.4, -0.2) is 14.7 Å². The van der Waals surface area contributed by atoms with Crippen LogP contribution >= 0.6 is 23.2 Å². The Morgan fingerprint density at radius 3 is 2.06 bits per heavy atom. The summed E-state index contributed by atoms with van der Waals surface area (Å²) in [7, 11) is 0. The zero-order valence-electron chi connectivity index (χ0n) is 15.7. The molecule has 1 N–H and O–H groups in total. The molecule has 3 aromatic carbocycles. The molecule has 0 saturated heterocycles. The molecule has 0 fully saturated rings. The SMILES string of the molecule is O=c1c(N=Nc2c(Cl)cccc2Cl)c(-c2ccc([N+](=O)[O-])cc2)[nH]n1-c1ccccc1. The number of H-pyrrole nitrogens is 1. The molecule has 154 valence electrons. The van der Waals surface area contributed by atoms with Gasteiger partial charge in [0.2, 0.25) is 0 Å². The number of nitro benzene ring substituents is 1. The van der Waals surface area contributed by atoms with E-state index in [1.165, 1.54) is 28.9 Å². The zero-order chi connectivity index (χ0) is 22.0. The van der Waals surface area contributed by atoms with Gasteiger partial charge in [0.15, 0.2) is 5.69 Å². The fraction of sp³-hybridized carbons (Fsp3) is 0. The summed E-state index contributed by atoms with van der Waals surface area (Å²) >= 11 is 12.3. The number of halogens is 2. The third-order valence-electron chi connectivity index (χ3n) is 4.43. The predicted molar refractivity (Wildman–Crippen MR) is 119 cm³/mol. The van der Waals surface area contributed by atoms with Gasteiger partial charge in [-0.25, -0.2) is 4.68 Å². The smallest absolute Gasteiger partial charge is 0.288 e. The maximum atomic E-state index is 13.1. The number of hydrogen-bond donors (Lipinski definition) is 1. The molecule has 0 aliphatic rings. The van der Waals surface area contributed by atoms with Crippen molar-refractivity contribution in [2.24, 2.45) is 10.2 Å². The third-order valence-corrected chi connectivity index (χ3v) is 5.04. The highest BCUT2D eigenvalue weighted by molar-refractivity contribution is 6.38. The number of nitrogens with zero attached hydrogens (tertiary/aromatic N) is 4. The van der Waals surface area contributed by atoms with Gasteiger partial charge in [-0.05, 0) is 36.4 Å². The molecule has 0 amide bonds. The molecule has 0 aliphatic carbocycles. The number of non-ortho nitro benzene ring substituents is 1. The van der Waals surface area contributed by atoms with Crippen LogP contribution in [0.4, 0.5) is 17.1 Å². The highest BCUT2D eigenvalue weighted by atomic mass is 35.5. The molecule has 8 nitrogen and oxygen atoms in total. The van der Waals surface area contributed by atoms with Crippen LogP contribution in [0.15, 0.2) is 87.8 Å². The lowest BCUT2D eigenvalue weighted by atomic mass is 10.1. The monoisotopic (exact) mass is 453 g/mol. The lowest BCUT2D eigenvalue weighted by molar-refractivity contribution is -0.384. The first-order chi connectivity index (χ1) is 15.0. The van der Waals surface area contributed by atoms with Crippen molar-refractivity contribution in [1.82, 2.24) is 9.78 Å². The first-order valence-electron chi connectivity index (χ1n) is 8.96. The lowest BCUT2D eigenvalue weighted by Gasteiger charge is -2.02. The van der Waals surface area contributed by atoms with Crippen molar-refractivity contribution in [3.8, 4) is 16.9 Å². The van der Waals surface area contributed by atoms with Gasteiger partial charge in [0.25, 0.3) is 11.2 Å². The van der Waals surface area contributed by atoms with Crippen molar-refractivity contribution >= 4 is 40.3 Å². The second kappa shape index (κ2) is 8.55. The highest BCUT2D eigenvalue weighted by Gasteiger charge is 2.18. The number of azo groups is 1. The number of para-hydroxylation sites is 1. The molecular weight excluding hydrogens is 441 g/mol. The van der Waals surface area contributed by atoms with Gasteiger partial charge < -0.3 is 0 Å². The van der Waals surface area contributed by atoms with Gasteiger partial charge in [-0.1, -0.05) is 47.5 Å². The largest absolute Gasteiger partial charge is 0.299 e. The predicted octanol–water partition coefficient (Wildman–Crippen LogP) is 6.46. The molecule has 0 bridgehead atoms. The number of benzene rings is 3. The van der Waals surface area contributed by atoms with E-state index in [1.54, 1.807) is 42.5 Å². The van der Waals surface area contributed by atoms with E-state index in [4.69, 9.17) is 23.2 Å². The number of aromatic nitrogens is 2. The van der Waals surface area contributed by atoms with Crippen molar-refractivity contribution < 1.29 is 4.92 Å². The normalized spacial score (nSPS) is 11.2. The third kappa shape index (κ3) is 4.11. The van der Waals surface area contributed by atoms with Crippen LogP contribution in [-0.2, 0) is 0 Å². The van der Waals surface area contributed by atoms with Gasteiger partial charge in [0, 0.05) is 17.7 Å². The Bertz CT molecular complexity index is 1330. The summed E-state index contributed by atoms with van der Waals surface area (Å²) in [5.41, 5.74) is 1.17. The number of nitro groups is 1. The summed E-state index contributed by atoms with van der Waals surface area (Å²) in [4.78, 5) is 23.6. The Hall–Kier alpha value is -3.75. The number of rotatable bonds is 5. The second-order valence-electron chi connectivity index (χ2n) is 6.39. The molecule has 0 spiro atoms. The molecule has 0 aliphatic heterocycles. The van der Waals surface area contributed by atoms with Crippen molar-refractivity contribution in [3.63, 3.8) is 0 Å². The van der Waals surface area contributed by atoms with E-state index < -0.39 is 10.5 Å². The van der Waals surface area contributed by atoms with E-state index in [0.717, 1.165) is 0 Å². The molecule has 0 atom stereocenters. The number of hydrogen-bond acceptors (Lipinski definition) is 5. The average molecular weight is 454 g/mol. The van der Waals surface area contributed by atoms with Crippen LogP contribution in [0.2, 0.25) is 10.0 Å². The topological polar surface area (TPSA) is 106 Å². The summed E-state index contributed by atoms with van der Waals surface area (Å²) in [6.07, 6.45) is 0. The Labute approximate surface area is 185 Å². The van der Waals surface area contributed by atoms with Crippen molar-refractivity contribution in [1.29, 1.82) is 0 Å². The van der Waals surface area contributed by atoms with Crippen LogP contribution in [0, 0.1) is 10.1 Å². The maximum absolute atomic E-state index is 13.1. The zero-order valence-corrected chi connectivity index (χ0v) is 17.2. The minimum absolute atomic E-state index is 0.00805. The molecule has 1 aromatic heterocycles. The summed E-state index contributed by atoms with van der Waals surface area (Å²) in [5.74, 6) is 0. The van der Waals surface area contributed by atoms with Gasteiger partial charge >= 0.3 is 0 Å². The van der Waals surface area contributed by atoms with Gasteiger partial charge in [0.05, 0.1) is 26.3 Å². The minimum atomic E-state index is -0.498. The van der Waals surface area contributed by atoms with Crippen LogP contribution in [0.5, 0.6) is 0 Å². The second-order valence-corrected chi connectivity index (χ2v) is 7.20. The Balaban J connectivity index is 1.88. The average Bonchev–Trinajstić information content (AvgIpc) is 3.10. The quantitative estimate of drug-likeness (QED) is 0.212. The summed E-state index contributed by atoms with van der Waals surface area (Å²) in [6.45, 7) is 0. The first-order valence-corrected chi connectivity index (χ1v) is 9.72. The molecule has 0 saturated carbocycles. The molecular formula is C21H13Cl2N5O3. The van der Waals surface area contributed by atoms with Crippen molar-refractivity contribution in [2.45, 2.75) is 0 Å². The van der Waals surface area contributed by atoms with E-state index >= 15 is 0 Å². The van der Waals surface area contributed by atoms with Crippen LogP contribution in [0.1, 0.15) is 0 Å². The standard InChI is InChI=1S/C21H13Cl2N5O3/c22-16-7-4-8-17(23)19(16)24-25-20-18(13-9-11-15(12-10-13)28(30)31)26-27(21(20)29)14-5-2-1-3-6-14/h1-12,26H.